The van der Waals surface area contributed by atoms with Crippen LogP contribution in [-0.4, -0.2) is 0 Å². The van der Waals surface area contributed by atoms with Gasteiger partial charge in [-0.15, -0.1) is 0 Å². The highest BCUT2D eigenvalue weighted by atomic mass is 14.9. The van der Waals surface area contributed by atoms with E-state index < -0.39 is 0 Å². The number of hydrogen-bond acceptors (Lipinski definition) is 0. The lowest BCUT2D eigenvalue weighted by atomic mass is 10.0. The Bertz CT molecular complexity index is 566. The van der Waals surface area contributed by atoms with Crippen molar-refractivity contribution in [3.8, 4) is 0 Å². The Morgan fingerprint density at radius 2 is 1.50 bits per heavy atom. The smallest absolute Gasteiger partial charge is 0.164 e. The van der Waals surface area contributed by atoms with Crippen LogP contribution in [0.2, 0.25) is 0 Å². The predicted octanol–water partition coefficient (Wildman–Crippen LogP) is 3.20. The molecule has 0 bridgehead atoms. The van der Waals surface area contributed by atoms with Gasteiger partial charge >= 0.3 is 0 Å². The summed E-state index contributed by atoms with van der Waals surface area (Å²) in [5, 5.41) is 2.69. The molecule has 0 aliphatic rings. The van der Waals surface area contributed by atoms with Crippen molar-refractivity contribution in [2.75, 3.05) is 0 Å². The molecule has 3 rings (SSSR count). The molecule has 1 heteroatoms. The van der Waals surface area contributed by atoms with Gasteiger partial charge in [-0.1, -0.05) is 18.2 Å². The van der Waals surface area contributed by atoms with Gasteiger partial charge < -0.3 is 0 Å². The zero-order valence-electron chi connectivity index (χ0n) is 9.57. The molecule has 2 aromatic heterocycles. The van der Waals surface area contributed by atoms with E-state index >= 15 is 0 Å². The van der Waals surface area contributed by atoms with E-state index in [2.05, 4.69) is 66.9 Å². The largest absolute Gasteiger partial charge is 0.214 e. The second-order valence-corrected chi connectivity index (χ2v) is 4.21. The second-order valence-electron chi connectivity index (χ2n) is 4.21. The molecule has 0 N–H and O–H groups in total. The van der Waals surface area contributed by atoms with Crippen molar-refractivity contribution in [1.29, 1.82) is 0 Å². The number of aromatic nitrogens is 1. The molecular formula is C15H14N+. The average Bonchev–Trinajstić information content (AvgIpc) is 2.36. The van der Waals surface area contributed by atoms with Gasteiger partial charge in [-0.25, -0.2) is 0 Å². The van der Waals surface area contributed by atoms with Crippen LogP contribution >= 0.6 is 0 Å². The Morgan fingerprint density at radius 3 is 2.31 bits per heavy atom. The van der Waals surface area contributed by atoms with E-state index in [0.29, 0.717) is 0 Å². The van der Waals surface area contributed by atoms with E-state index in [-0.39, 0.29) is 0 Å². The van der Waals surface area contributed by atoms with Gasteiger partial charge in [0, 0.05) is 30.0 Å². The third kappa shape index (κ3) is 1.15. The van der Waals surface area contributed by atoms with Crippen LogP contribution in [0.3, 0.4) is 0 Å². The normalized spacial score (nSPS) is 11.1. The Labute approximate surface area is 95.0 Å². The summed E-state index contributed by atoms with van der Waals surface area (Å²) < 4.78 is 2.26. The quantitative estimate of drug-likeness (QED) is 0.394. The van der Waals surface area contributed by atoms with Crippen LogP contribution < -0.4 is 4.40 Å². The first-order valence-electron chi connectivity index (χ1n) is 5.57. The van der Waals surface area contributed by atoms with Crippen LogP contribution in [0, 0.1) is 13.8 Å². The van der Waals surface area contributed by atoms with E-state index in [9.17, 15) is 0 Å². The highest BCUT2D eigenvalue weighted by molar-refractivity contribution is 5.89. The third-order valence-corrected chi connectivity index (χ3v) is 3.33. The molecular weight excluding hydrogens is 194 g/mol. The topological polar surface area (TPSA) is 4.10 Å². The summed E-state index contributed by atoms with van der Waals surface area (Å²) in [6.45, 7) is 4.37. The molecule has 0 saturated carbocycles. The first kappa shape index (κ1) is 9.34. The van der Waals surface area contributed by atoms with Crippen LogP contribution in [0.5, 0.6) is 0 Å². The molecule has 1 nitrogen and oxygen atoms in total. The molecule has 0 fully saturated rings. The molecule has 3 aromatic rings. The predicted molar refractivity (Wildman–Crippen MR) is 66.6 cm³/mol. The summed E-state index contributed by atoms with van der Waals surface area (Å²) in [6.07, 6.45) is 2.13. The molecule has 78 valence electrons. The number of nitrogens with zero attached hydrogens (tertiary/aromatic N) is 1. The van der Waals surface area contributed by atoms with E-state index in [1.807, 2.05) is 0 Å². The lowest BCUT2D eigenvalue weighted by Gasteiger charge is -2.04. The molecule has 0 spiro atoms. The van der Waals surface area contributed by atoms with E-state index in [0.717, 1.165) is 0 Å². The molecule has 0 atom stereocenters. The lowest BCUT2D eigenvalue weighted by molar-refractivity contribution is -0.518. The SMILES string of the molecule is Cc1c2ccccc2c(C)[n+]2ccccc12. The van der Waals surface area contributed by atoms with E-state index in [1.165, 1.54) is 27.5 Å². The molecule has 0 aliphatic carbocycles. The summed E-state index contributed by atoms with van der Waals surface area (Å²) >= 11 is 0. The fourth-order valence-corrected chi connectivity index (χ4v) is 2.43. The number of rotatable bonds is 0. The Hall–Kier alpha value is -1.89. The minimum absolute atomic E-state index is 1.29. The first-order valence-corrected chi connectivity index (χ1v) is 5.57. The number of benzene rings is 1. The van der Waals surface area contributed by atoms with Crippen molar-refractivity contribution in [2.45, 2.75) is 13.8 Å². The maximum absolute atomic E-state index is 2.26. The molecule has 2 heterocycles. The fraction of sp³-hybridized carbons (Fsp3) is 0.133. The number of aryl methyl sites for hydroxylation is 2. The second kappa shape index (κ2) is 3.31. The van der Waals surface area contributed by atoms with Crippen molar-refractivity contribution in [3.63, 3.8) is 0 Å². The fourth-order valence-electron chi connectivity index (χ4n) is 2.43. The number of fused-ring (bicyclic) bond motifs is 2. The summed E-state index contributed by atoms with van der Waals surface area (Å²) in [4.78, 5) is 0. The lowest BCUT2D eigenvalue weighted by Crippen LogP contribution is -2.26. The zero-order chi connectivity index (χ0) is 11.1. The Balaban J connectivity index is 2.67. The van der Waals surface area contributed by atoms with Gasteiger partial charge in [0.25, 0.3) is 0 Å². The van der Waals surface area contributed by atoms with Crippen molar-refractivity contribution in [1.82, 2.24) is 0 Å². The minimum Gasteiger partial charge on any atom is -0.164 e. The van der Waals surface area contributed by atoms with Crippen molar-refractivity contribution in [2.24, 2.45) is 0 Å². The standard InChI is InChI=1S/C15H14N/c1-11-13-7-3-4-8-14(13)12(2)16-10-6-5-9-15(11)16/h3-10H,1-2H3/q+1. The summed E-state index contributed by atoms with van der Waals surface area (Å²) in [5.41, 5.74) is 3.94. The molecule has 16 heavy (non-hydrogen) atoms. The highest BCUT2D eigenvalue weighted by Crippen LogP contribution is 2.21. The van der Waals surface area contributed by atoms with Gasteiger partial charge in [-0.3, -0.25) is 0 Å². The Kier molecular flexibility index (Phi) is 1.93. The summed E-state index contributed by atoms with van der Waals surface area (Å²) in [6, 6.07) is 14.9. The van der Waals surface area contributed by atoms with Gasteiger partial charge in [-0.05, 0) is 24.4 Å². The highest BCUT2D eigenvalue weighted by Gasteiger charge is 2.14. The molecule has 1 aromatic carbocycles. The van der Waals surface area contributed by atoms with Gasteiger partial charge in [0.05, 0.1) is 0 Å². The van der Waals surface area contributed by atoms with Crippen molar-refractivity contribution >= 4 is 16.3 Å². The molecule has 0 amide bonds. The van der Waals surface area contributed by atoms with E-state index in [1.54, 1.807) is 0 Å². The van der Waals surface area contributed by atoms with Crippen LogP contribution in [0.1, 0.15) is 11.3 Å². The number of hydrogen-bond donors (Lipinski definition) is 0. The molecule has 0 saturated heterocycles. The van der Waals surface area contributed by atoms with Crippen LogP contribution in [0.15, 0.2) is 48.7 Å². The summed E-state index contributed by atoms with van der Waals surface area (Å²) in [7, 11) is 0. The van der Waals surface area contributed by atoms with Crippen LogP contribution in [0.4, 0.5) is 0 Å². The molecule has 0 unspecified atom stereocenters. The number of pyridine rings is 2. The van der Waals surface area contributed by atoms with Crippen molar-refractivity contribution < 1.29 is 4.40 Å². The van der Waals surface area contributed by atoms with Gasteiger partial charge in [0.15, 0.2) is 11.9 Å². The van der Waals surface area contributed by atoms with Crippen LogP contribution in [-0.2, 0) is 0 Å². The average molecular weight is 208 g/mol. The van der Waals surface area contributed by atoms with Gasteiger partial charge in [0.2, 0.25) is 5.52 Å². The first-order chi connectivity index (χ1) is 7.79. The maximum Gasteiger partial charge on any atom is 0.214 e. The van der Waals surface area contributed by atoms with Crippen LogP contribution in [0.25, 0.3) is 16.3 Å². The summed E-state index contributed by atoms with van der Waals surface area (Å²) in [5.74, 6) is 0. The molecule has 0 aliphatic heterocycles. The zero-order valence-corrected chi connectivity index (χ0v) is 9.57. The minimum atomic E-state index is 1.29. The van der Waals surface area contributed by atoms with Gasteiger partial charge in [0.1, 0.15) is 0 Å². The maximum atomic E-state index is 2.26. The third-order valence-electron chi connectivity index (χ3n) is 3.33. The Morgan fingerprint density at radius 1 is 0.812 bits per heavy atom. The van der Waals surface area contributed by atoms with Gasteiger partial charge in [-0.2, -0.15) is 4.40 Å². The van der Waals surface area contributed by atoms with E-state index in [4.69, 9.17) is 0 Å². The van der Waals surface area contributed by atoms with Crippen molar-refractivity contribution in [3.05, 3.63) is 59.9 Å². The molecule has 0 radical (unpaired) electrons. The monoisotopic (exact) mass is 208 g/mol.